The standard InChI is InChI=1S/C16H27N3/c1-4-15-8-6-7-9-19(15)16-11-14(12-17-5-2)10-13(3)18-16/h10-11,15,17H,4-9,12H2,1-3H3. The summed E-state index contributed by atoms with van der Waals surface area (Å²) in [6, 6.07) is 5.13. The van der Waals surface area contributed by atoms with Crippen molar-refractivity contribution in [1.29, 1.82) is 0 Å². The molecule has 3 heteroatoms. The Bertz CT molecular complexity index is 403. The van der Waals surface area contributed by atoms with Crippen LogP contribution in [0.1, 0.15) is 50.8 Å². The molecule has 2 rings (SSSR count). The van der Waals surface area contributed by atoms with E-state index in [0.717, 1.165) is 25.3 Å². The molecular weight excluding hydrogens is 234 g/mol. The molecule has 1 atom stereocenters. The molecule has 1 aliphatic rings. The molecule has 1 N–H and O–H groups in total. The fourth-order valence-corrected chi connectivity index (χ4v) is 2.97. The summed E-state index contributed by atoms with van der Waals surface area (Å²) >= 11 is 0. The Kier molecular flexibility index (Phi) is 5.20. The highest BCUT2D eigenvalue weighted by Gasteiger charge is 2.22. The highest BCUT2D eigenvalue weighted by Crippen LogP contribution is 2.26. The number of hydrogen-bond donors (Lipinski definition) is 1. The van der Waals surface area contributed by atoms with Gasteiger partial charge >= 0.3 is 0 Å². The van der Waals surface area contributed by atoms with Gasteiger partial charge in [-0.2, -0.15) is 0 Å². The zero-order valence-corrected chi connectivity index (χ0v) is 12.6. The lowest BCUT2D eigenvalue weighted by Crippen LogP contribution is -2.39. The third-order valence-corrected chi connectivity index (χ3v) is 3.97. The van der Waals surface area contributed by atoms with Gasteiger partial charge in [-0.1, -0.05) is 13.8 Å². The van der Waals surface area contributed by atoms with Crippen LogP contribution in [-0.2, 0) is 6.54 Å². The van der Waals surface area contributed by atoms with Crippen LogP contribution in [-0.4, -0.2) is 24.1 Å². The molecule has 1 aromatic rings. The van der Waals surface area contributed by atoms with Crippen LogP contribution >= 0.6 is 0 Å². The van der Waals surface area contributed by atoms with E-state index in [9.17, 15) is 0 Å². The molecule has 1 fully saturated rings. The highest BCUT2D eigenvalue weighted by molar-refractivity contribution is 5.44. The van der Waals surface area contributed by atoms with Gasteiger partial charge in [-0.3, -0.25) is 0 Å². The predicted octanol–water partition coefficient (Wildman–Crippen LogP) is 3.27. The lowest BCUT2D eigenvalue weighted by Gasteiger charge is -2.36. The van der Waals surface area contributed by atoms with E-state index in [1.54, 1.807) is 0 Å². The summed E-state index contributed by atoms with van der Waals surface area (Å²) in [4.78, 5) is 7.28. The van der Waals surface area contributed by atoms with Crippen LogP contribution in [0.3, 0.4) is 0 Å². The number of hydrogen-bond acceptors (Lipinski definition) is 3. The van der Waals surface area contributed by atoms with Crippen molar-refractivity contribution < 1.29 is 0 Å². The molecule has 1 aromatic heterocycles. The molecule has 106 valence electrons. The minimum Gasteiger partial charge on any atom is -0.354 e. The molecule has 0 radical (unpaired) electrons. The van der Waals surface area contributed by atoms with Crippen molar-refractivity contribution in [1.82, 2.24) is 10.3 Å². The van der Waals surface area contributed by atoms with Gasteiger partial charge in [0.15, 0.2) is 0 Å². The Hall–Kier alpha value is -1.09. The van der Waals surface area contributed by atoms with Gasteiger partial charge in [0.25, 0.3) is 0 Å². The van der Waals surface area contributed by atoms with Crippen LogP contribution in [0.4, 0.5) is 5.82 Å². The summed E-state index contributed by atoms with van der Waals surface area (Å²) in [5, 5.41) is 3.40. The molecule has 0 bridgehead atoms. The lowest BCUT2D eigenvalue weighted by atomic mass is 10.00. The van der Waals surface area contributed by atoms with Gasteiger partial charge in [-0.15, -0.1) is 0 Å². The van der Waals surface area contributed by atoms with Gasteiger partial charge in [0, 0.05) is 24.8 Å². The van der Waals surface area contributed by atoms with Crippen LogP contribution in [0.5, 0.6) is 0 Å². The third-order valence-electron chi connectivity index (χ3n) is 3.97. The quantitative estimate of drug-likeness (QED) is 0.881. The number of nitrogens with zero attached hydrogens (tertiary/aromatic N) is 2. The molecule has 1 aliphatic heterocycles. The Morgan fingerprint density at radius 3 is 2.89 bits per heavy atom. The molecular formula is C16H27N3. The summed E-state index contributed by atoms with van der Waals surface area (Å²) in [6.45, 7) is 9.65. The topological polar surface area (TPSA) is 28.2 Å². The van der Waals surface area contributed by atoms with Crippen molar-refractivity contribution >= 4 is 5.82 Å². The lowest BCUT2D eigenvalue weighted by molar-refractivity contribution is 0.446. The molecule has 0 amide bonds. The van der Waals surface area contributed by atoms with Gasteiger partial charge in [-0.05, 0) is 56.8 Å². The molecule has 19 heavy (non-hydrogen) atoms. The highest BCUT2D eigenvalue weighted by atomic mass is 15.2. The van der Waals surface area contributed by atoms with Gasteiger partial charge < -0.3 is 10.2 Å². The van der Waals surface area contributed by atoms with Gasteiger partial charge in [0.1, 0.15) is 5.82 Å². The van der Waals surface area contributed by atoms with Crippen molar-refractivity contribution in [3.8, 4) is 0 Å². The number of rotatable bonds is 5. The van der Waals surface area contributed by atoms with Crippen molar-refractivity contribution in [2.75, 3.05) is 18.0 Å². The molecule has 0 aromatic carbocycles. The first-order chi connectivity index (χ1) is 9.24. The maximum atomic E-state index is 4.76. The Labute approximate surface area is 117 Å². The first-order valence-corrected chi connectivity index (χ1v) is 7.69. The average molecular weight is 261 g/mol. The smallest absolute Gasteiger partial charge is 0.129 e. The van der Waals surface area contributed by atoms with E-state index in [0.29, 0.717) is 6.04 Å². The van der Waals surface area contributed by atoms with Gasteiger partial charge in [0.05, 0.1) is 0 Å². The van der Waals surface area contributed by atoms with Crippen LogP contribution in [0.2, 0.25) is 0 Å². The maximum absolute atomic E-state index is 4.76. The fraction of sp³-hybridized carbons (Fsp3) is 0.688. The molecule has 2 heterocycles. The molecule has 0 aliphatic carbocycles. The van der Waals surface area contributed by atoms with Gasteiger partial charge in [0.2, 0.25) is 0 Å². The van der Waals surface area contributed by atoms with E-state index in [-0.39, 0.29) is 0 Å². The Balaban J connectivity index is 2.19. The van der Waals surface area contributed by atoms with Crippen LogP contribution < -0.4 is 10.2 Å². The number of aryl methyl sites for hydroxylation is 1. The average Bonchev–Trinajstić information content (AvgIpc) is 2.44. The summed E-state index contributed by atoms with van der Waals surface area (Å²) < 4.78 is 0. The molecule has 0 saturated carbocycles. The summed E-state index contributed by atoms with van der Waals surface area (Å²) in [6.07, 6.45) is 5.20. The molecule has 1 unspecified atom stereocenters. The van der Waals surface area contributed by atoms with E-state index < -0.39 is 0 Å². The van der Waals surface area contributed by atoms with E-state index in [1.807, 2.05) is 0 Å². The van der Waals surface area contributed by atoms with E-state index in [4.69, 9.17) is 4.98 Å². The third kappa shape index (κ3) is 3.69. The second-order valence-electron chi connectivity index (χ2n) is 5.51. The number of pyridine rings is 1. The molecule has 1 saturated heterocycles. The number of piperidine rings is 1. The molecule has 3 nitrogen and oxygen atoms in total. The largest absolute Gasteiger partial charge is 0.354 e. The van der Waals surface area contributed by atoms with Crippen molar-refractivity contribution in [3.63, 3.8) is 0 Å². The first-order valence-electron chi connectivity index (χ1n) is 7.69. The summed E-state index contributed by atoms with van der Waals surface area (Å²) in [5.41, 5.74) is 2.48. The van der Waals surface area contributed by atoms with Crippen molar-refractivity contribution in [2.24, 2.45) is 0 Å². The predicted molar refractivity (Wildman–Crippen MR) is 81.6 cm³/mol. The number of aromatic nitrogens is 1. The summed E-state index contributed by atoms with van der Waals surface area (Å²) in [5.74, 6) is 1.18. The Morgan fingerprint density at radius 2 is 2.16 bits per heavy atom. The van der Waals surface area contributed by atoms with Crippen LogP contribution in [0.25, 0.3) is 0 Å². The van der Waals surface area contributed by atoms with Crippen molar-refractivity contribution in [3.05, 3.63) is 23.4 Å². The monoisotopic (exact) mass is 261 g/mol. The second-order valence-corrected chi connectivity index (χ2v) is 5.51. The van der Waals surface area contributed by atoms with E-state index >= 15 is 0 Å². The molecule has 0 spiro atoms. The zero-order chi connectivity index (χ0) is 13.7. The number of anilines is 1. The normalized spacial score (nSPS) is 19.7. The maximum Gasteiger partial charge on any atom is 0.129 e. The first kappa shape index (κ1) is 14.3. The van der Waals surface area contributed by atoms with E-state index in [2.05, 4.69) is 43.1 Å². The second kappa shape index (κ2) is 6.90. The fourth-order valence-electron chi connectivity index (χ4n) is 2.97. The number of nitrogens with one attached hydrogen (secondary N) is 1. The van der Waals surface area contributed by atoms with E-state index in [1.165, 1.54) is 37.1 Å². The summed E-state index contributed by atoms with van der Waals surface area (Å²) in [7, 11) is 0. The van der Waals surface area contributed by atoms with Gasteiger partial charge in [-0.25, -0.2) is 4.98 Å². The Morgan fingerprint density at radius 1 is 1.32 bits per heavy atom. The zero-order valence-electron chi connectivity index (χ0n) is 12.6. The SMILES string of the molecule is CCNCc1cc(C)nc(N2CCCCC2CC)c1. The minimum atomic E-state index is 0.676. The van der Waals surface area contributed by atoms with Crippen molar-refractivity contribution in [2.45, 2.75) is 59.0 Å². The minimum absolute atomic E-state index is 0.676. The van der Waals surface area contributed by atoms with Crippen LogP contribution in [0, 0.1) is 6.92 Å². The van der Waals surface area contributed by atoms with Crippen LogP contribution in [0.15, 0.2) is 12.1 Å².